The van der Waals surface area contributed by atoms with Crippen LogP contribution in [0.5, 0.6) is 0 Å². The zero-order chi connectivity index (χ0) is 20.4. The standard InChI is InChI=1S/C26H42N2/c1-6-7-8-9-10-13-19-27-24-17-11-12-18-25(24)28-26-22(20(2)3)15-14-16-23(26)21(4)5/h14-17,20-21,27H,6-13,18-19H2,1-5H3/b28-25+. The van der Waals surface area contributed by atoms with Gasteiger partial charge in [0.25, 0.3) is 0 Å². The van der Waals surface area contributed by atoms with Crippen LogP contribution in [0, 0.1) is 0 Å². The first kappa shape index (κ1) is 22.7. The second-order valence-electron chi connectivity index (χ2n) is 8.86. The fourth-order valence-corrected chi connectivity index (χ4v) is 3.96. The molecule has 0 saturated heterocycles. The minimum atomic E-state index is 0.491. The van der Waals surface area contributed by atoms with Crippen LogP contribution in [0.2, 0.25) is 0 Å². The van der Waals surface area contributed by atoms with E-state index in [0.29, 0.717) is 11.8 Å². The van der Waals surface area contributed by atoms with Gasteiger partial charge in [0, 0.05) is 6.54 Å². The molecule has 2 rings (SSSR count). The molecule has 0 heterocycles. The van der Waals surface area contributed by atoms with E-state index in [1.165, 1.54) is 79.6 Å². The van der Waals surface area contributed by atoms with E-state index in [1.54, 1.807) is 0 Å². The van der Waals surface area contributed by atoms with Crippen molar-refractivity contribution in [2.75, 3.05) is 6.54 Å². The number of aliphatic imine (C=N–C) groups is 1. The van der Waals surface area contributed by atoms with Gasteiger partial charge in [-0.1, -0.05) is 91.0 Å². The van der Waals surface area contributed by atoms with Gasteiger partial charge in [-0.25, -0.2) is 0 Å². The van der Waals surface area contributed by atoms with E-state index in [0.717, 1.165) is 13.0 Å². The highest BCUT2D eigenvalue weighted by Crippen LogP contribution is 2.35. The monoisotopic (exact) mass is 382 g/mol. The van der Waals surface area contributed by atoms with Crippen LogP contribution in [-0.2, 0) is 0 Å². The molecule has 1 aromatic rings. The quantitative estimate of drug-likeness (QED) is 0.385. The average Bonchev–Trinajstić information content (AvgIpc) is 2.68. The van der Waals surface area contributed by atoms with Crippen molar-refractivity contribution in [1.29, 1.82) is 0 Å². The van der Waals surface area contributed by atoms with Crippen molar-refractivity contribution < 1.29 is 0 Å². The molecule has 0 amide bonds. The molecule has 2 nitrogen and oxygen atoms in total. The minimum Gasteiger partial charge on any atom is -0.384 e. The van der Waals surface area contributed by atoms with Crippen LogP contribution in [0.1, 0.15) is 115 Å². The Bertz CT molecular complexity index is 626. The van der Waals surface area contributed by atoms with Crippen LogP contribution in [0.3, 0.4) is 0 Å². The molecule has 0 fully saturated rings. The fourth-order valence-electron chi connectivity index (χ4n) is 3.96. The molecule has 0 atom stereocenters. The molecule has 0 unspecified atom stereocenters. The van der Waals surface area contributed by atoms with Crippen molar-refractivity contribution in [2.45, 2.75) is 104 Å². The molecule has 0 aliphatic heterocycles. The summed E-state index contributed by atoms with van der Waals surface area (Å²) in [5.74, 6) is 0.982. The second kappa shape index (κ2) is 12.1. The fraction of sp³-hybridized carbons (Fsp3) is 0.654. The summed E-state index contributed by atoms with van der Waals surface area (Å²) < 4.78 is 0. The molecule has 0 spiro atoms. The Hall–Kier alpha value is -1.57. The third kappa shape index (κ3) is 6.79. The SMILES string of the molecule is CCCCCCCCNC1=CCCC/C1=N\c1c(C(C)C)cccc1C(C)C. The summed E-state index contributed by atoms with van der Waals surface area (Å²) in [5.41, 5.74) is 6.51. The molecule has 1 N–H and O–H groups in total. The molecule has 1 aliphatic rings. The maximum absolute atomic E-state index is 5.27. The summed E-state index contributed by atoms with van der Waals surface area (Å²) in [4.78, 5) is 5.27. The van der Waals surface area contributed by atoms with Gasteiger partial charge in [-0.05, 0) is 48.6 Å². The van der Waals surface area contributed by atoms with Crippen molar-refractivity contribution in [3.8, 4) is 0 Å². The van der Waals surface area contributed by atoms with E-state index in [9.17, 15) is 0 Å². The lowest BCUT2D eigenvalue weighted by Crippen LogP contribution is -2.24. The normalized spacial score (nSPS) is 16.1. The van der Waals surface area contributed by atoms with E-state index in [2.05, 4.69) is 64.2 Å². The number of hydrogen-bond acceptors (Lipinski definition) is 2. The zero-order valence-electron chi connectivity index (χ0n) is 19.0. The summed E-state index contributed by atoms with van der Waals surface area (Å²) in [6, 6.07) is 6.71. The highest BCUT2D eigenvalue weighted by molar-refractivity contribution is 6.02. The van der Waals surface area contributed by atoms with Crippen LogP contribution in [-0.4, -0.2) is 12.3 Å². The van der Waals surface area contributed by atoms with E-state index in [4.69, 9.17) is 4.99 Å². The lowest BCUT2D eigenvalue weighted by atomic mass is 9.92. The Morgan fingerprint density at radius 1 is 0.929 bits per heavy atom. The van der Waals surface area contributed by atoms with E-state index >= 15 is 0 Å². The molecule has 2 heteroatoms. The number of benzene rings is 1. The smallest absolute Gasteiger partial charge is 0.0703 e. The predicted molar refractivity (Wildman–Crippen MR) is 125 cm³/mol. The van der Waals surface area contributed by atoms with Crippen molar-refractivity contribution in [1.82, 2.24) is 5.32 Å². The first-order valence-electron chi connectivity index (χ1n) is 11.7. The van der Waals surface area contributed by atoms with Crippen molar-refractivity contribution >= 4 is 11.4 Å². The molecular formula is C26H42N2. The first-order valence-corrected chi connectivity index (χ1v) is 11.7. The number of hydrogen-bond donors (Lipinski definition) is 1. The van der Waals surface area contributed by atoms with Gasteiger partial charge in [-0.3, -0.25) is 4.99 Å². The Balaban J connectivity index is 2.11. The molecule has 0 bridgehead atoms. The summed E-state index contributed by atoms with van der Waals surface area (Å²) in [5, 5.41) is 3.71. The van der Waals surface area contributed by atoms with Crippen LogP contribution in [0.4, 0.5) is 5.69 Å². The Morgan fingerprint density at radius 2 is 1.57 bits per heavy atom. The highest BCUT2D eigenvalue weighted by Gasteiger charge is 2.17. The maximum Gasteiger partial charge on any atom is 0.0703 e. The average molecular weight is 383 g/mol. The van der Waals surface area contributed by atoms with Crippen LogP contribution in [0.25, 0.3) is 0 Å². The molecule has 156 valence electrons. The van der Waals surface area contributed by atoms with Gasteiger partial charge in [0.15, 0.2) is 0 Å². The molecule has 28 heavy (non-hydrogen) atoms. The predicted octanol–water partition coefficient (Wildman–Crippen LogP) is 8.02. The summed E-state index contributed by atoms with van der Waals surface area (Å²) >= 11 is 0. The van der Waals surface area contributed by atoms with Gasteiger partial charge in [0.05, 0.1) is 17.1 Å². The number of rotatable bonds is 11. The maximum atomic E-state index is 5.27. The number of unbranched alkanes of at least 4 members (excludes halogenated alkanes) is 5. The van der Waals surface area contributed by atoms with Crippen LogP contribution >= 0.6 is 0 Å². The molecular weight excluding hydrogens is 340 g/mol. The van der Waals surface area contributed by atoms with Gasteiger partial charge in [0.2, 0.25) is 0 Å². The van der Waals surface area contributed by atoms with Crippen molar-refractivity contribution in [3.63, 3.8) is 0 Å². The molecule has 0 saturated carbocycles. The van der Waals surface area contributed by atoms with Gasteiger partial charge >= 0.3 is 0 Å². The lowest BCUT2D eigenvalue weighted by Gasteiger charge is -2.21. The van der Waals surface area contributed by atoms with Gasteiger partial charge in [-0.15, -0.1) is 0 Å². The number of para-hydroxylation sites is 1. The molecule has 0 aromatic heterocycles. The van der Waals surface area contributed by atoms with Crippen LogP contribution < -0.4 is 5.32 Å². The minimum absolute atomic E-state index is 0.491. The van der Waals surface area contributed by atoms with Crippen molar-refractivity contribution in [2.24, 2.45) is 4.99 Å². The Labute approximate surface area is 173 Å². The topological polar surface area (TPSA) is 24.4 Å². The molecule has 1 aliphatic carbocycles. The summed E-state index contributed by atoms with van der Waals surface area (Å²) in [6.45, 7) is 12.4. The highest BCUT2D eigenvalue weighted by atomic mass is 14.9. The summed E-state index contributed by atoms with van der Waals surface area (Å²) in [7, 11) is 0. The number of allylic oxidation sites excluding steroid dienone is 2. The van der Waals surface area contributed by atoms with E-state index < -0.39 is 0 Å². The third-order valence-electron chi connectivity index (χ3n) is 5.71. The molecule has 1 aromatic carbocycles. The van der Waals surface area contributed by atoms with Crippen molar-refractivity contribution in [3.05, 3.63) is 41.1 Å². The summed E-state index contributed by atoms with van der Waals surface area (Å²) in [6.07, 6.45) is 13.9. The second-order valence-corrected chi connectivity index (χ2v) is 8.86. The molecule has 0 radical (unpaired) electrons. The van der Waals surface area contributed by atoms with E-state index in [1.807, 2.05) is 0 Å². The van der Waals surface area contributed by atoms with E-state index in [-0.39, 0.29) is 0 Å². The number of nitrogens with zero attached hydrogens (tertiary/aromatic N) is 1. The largest absolute Gasteiger partial charge is 0.384 e. The zero-order valence-corrected chi connectivity index (χ0v) is 19.0. The first-order chi connectivity index (χ1) is 13.5. The Morgan fingerprint density at radius 3 is 2.21 bits per heavy atom. The van der Waals surface area contributed by atoms with Crippen LogP contribution in [0.15, 0.2) is 35.0 Å². The third-order valence-corrected chi connectivity index (χ3v) is 5.71. The Kier molecular flexibility index (Phi) is 9.81. The van der Waals surface area contributed by atoms with Gasteiger partial charge in [0.1, 0.15) is 0 Å². The number of nitrogens with one attached hydrogen (secondary N) is 1. The lowest BCUT2D eigenvalue weighted by molar-refractivity contribution is 0.594. The van der Waals surface area contributed by atoms with Gasteiger partial charge in [-0.2, -0.15) is 0 Å². The van der Waals surface area contributed by atoms with Gasteiger partial charge < -0.3 is 5.32 Å².